The van der Waals surface area contributed by atoms with E-state index in [1.807, 2.05) is 0 Å². The second kappa shape index (κ2) is 1.66. The molecule has 1 N–H and O–H groups in total. The van der Waals surface area contributed by atoms with Crippen molar-refractivity contribution in [1.29, 1.82) is 0 Å². The van der Waals surface area contributed by atoms with E-state index in [4.69, 9.17) is 5.11 Å². The fourth-order valence-electron chi connectivity index (χ4n) is 0.521. The lowest BCUT2D eigenvalue weighted by molar-refractivity contribution is 0.105. The Labute approximate surface area is 50.9 Å². The molecule has 1 fully saturated rings. The third-order valence-corrected chi connectivity index (χ3v) is 2.07. The van der Waals surface area contributed by atoms with Crippen LogP contribution >= 0.6 is 22.6 Å². The Morgan fingerprint density at radius 2 is 2.00 bits per heavy atom. The summed E-state index contributed by atoms with van der Waals surface area (Å²) in [6, 6.07) is 0. The highest BCUT2D eigenvalue weighted by Crippen LogP contribution is 2.26. The van der Waals surface area contributed by atoms with Gasteiger partial charge < -0.3 is 5.11 Å². The molecule has 0 aromatic carbocycles. The third kappa shape index (κ3) is 0.846. The van der Waals surface area contributed by atoms with E-state index in [-0.39, 0.29) is 6.10 Å². The Balaban J connectivity index is 2.11. The molecule has 1 nitrogen and oxygen atoms in total. The van der Waals surface area contributed by atoms with Gasteiger partial charge >= 0.3 is 0 Å². The zero-order valence-corrected chi connectivity index (χ0v) is 5.55. The predicted molar refractivity (Wildman–Crippen MR) is 33.0 cm³/mol. The van der Waals surface area contributed by atoms with E-state index in [0.29, 0.717) is 0 Å². The number of hydrogen-bond acceptors (Lipinski definition) is 1. The fourth-order valence-corrected chi connectivity index (χ4v) is 1.70. The number of hydrogen-bond donors (Lipinski definition) is 1. The van der Waals surface area contributed by atoms with Crippen LogP contribution in [0.15, 0.2) is 0 Å². The van der Waals surface area contributed by atoms with E-state index >= 15 is 0 Å². The molecular formula is C4H7IO. The lowest BCUT2D eigenvalue weighted by atomic mass is 9.97. The van der Waals surface area contributed by atoms with Gasteiger partial charge in [0, 0.05) is 3.92 Å². The number of halogens is 1. The van der Waals surface area contributed by atoms with Crippen molar-refractivity contribution in [2.24, 2.45) is 0 Å². The van der Waals surface area contributed by atoms with Crippen molar-refractivity contribution in [2.45, 2.75) is 22.9 Å². The Morgan fingerprint density at radius 3 is 2.00 bits per heavy atom. The monoisotopic (exact) mass is 198 g/mol. The maximum atomic E-state index is 8.61. The SMILES string of the molecule is OC1CC(I)C1. The maximum Gasteiger partial charge on any atom is 0.0560 e. The standard InChI is InChI=1S/C4H7IO/c5-3-1-4(6)2-3/h3-4,6H,1-2H2. The summed E-state index contributed by atoms with van der Waals surface area (Å²) in [5.74, 6) is 0. The third-order valence-electron chi connectivity index (χ3n) is 1.06. The summed E-state index contributed by atoms with van der Waals surface area (Å²) >= 11 is 2.35. The highest BCUT2D eigenvalue weighted by molar-refractivity contribution is 14.1. The molecule has 0 aromatic heterocycles. The van der Waals surface area contributed by atoms with Crippen molar-refractivity contribution >= 4 is 22.6 Å². The molecule has 0 bridgehead atoms. The lowest BCUT2D eigenvalue weighted by Crippen LogP contribution is -2.27. The summed E-state index contributed by atoms with van der Waals surface area (Å²) in [4.78, 5) is 0. The van der Waals surface area contributed by atoms with Gasteiger partial charge in [-0.15, -0.1) is 0 Å². The van der Waals surface area contributed by atoms with Gasteiger partial charge in [-0.05, 0) is 12.8 Å². The highest BCUT2D eigenvalue weighted by Gasteiger charge is 2.23. The largest absolute Gasteiger partial charge is 0.393 e. The van der Waals surface area contributed by atoms with Gasteiger partial charge in [-0.1, -0.05) is 22.6 Å². The lowest BCUT2D eigenvalue weighted by Gasteiger charge is -2.25. The van der Waals surface area contributed by atoms with Crippen molar-refractivity contribution in [1.82, 2.24) is 0 Å². The first-order chi connectivity index (χ1) is 2.79. The van der Waals surface area contributed by atoms with Crippen LogP contribution in [-0.4, -0.2) is 15.1 Å². The maximum absolute atomic E-state index is 8.61. The van der Waals surface area contributed by atoms with E-state index in [1.165, 1.54) is 0 Å². The van der Waals surface area contributed by atoms with Gasteiger partial charge in [0.25, 0.3) is 0 Å². The highest BCUT2D eigenvalue weighted by atomic mass is 127. The van der Waals surface area contributed by atoms with Crippen molar-refractivity contribution in [3.63, 3.8) is 0 Å². The predicted octanol–water partition coefficient (Wildman–Crippen LogP) is 0.945. The van der Waals surface area contributed by atoms with Gasteiger partial charge in [0.15, 0.2) is 0 Å². The average Bonchev–Trinajstić information content (AvgIpc) is 1.33. The summed E-state index contributed by atoms with van der Waals surface area (Å²) in [6.07, 6.45) is 2.06. The topological polar surface area (TPSA) is 20.2 Å². The normalized spacial score (nSPS) is 45.0. The van der Waals surface area contributed by atoms with Crippen LogP contribution in [0.3, 0.4) is 0 Å². The molecular weight excluding hydrogens is 191 g/mol. The van der Waals surface area contributed by atoms with Crippen LogP contribution < -0.4 is 0 Å². The van der Waals surface area contributed by atoms with Gasteiger partial charge in [-0.2, -0.15) is 0 Å². The molecule has 0 saturated heterocycles. The van der Waals surface area contributed by atoms with Gasteiger partial charge in [0.05, 0.1) is 6.10 Å². The molecule has 1 saturated carbocycles. The van der Waals surface area contributed by atoms with Crippen LogP contribution in [0.25, 0.3) is 0 Å². The molecule has 0 aromatic rings. The van der Waals surface area contributed by atoms with E-state index < -0.39 is 0 Å². The van der Waals surface area contributed by atoms with Crippen molar-refractivity contribution in [2.75, 3.05) is 0 Å². The van der Waals surface area contributed by atoms with Crippen LogP contribution in [-0.2, 0) is 0 Å². The molecule has 0 heterocycles. The molecule has 0 unspecified atom stereocenters. The Bertz CT molecular complexity index is 43.5. The van der Waals surface area contributed by atoms with E-state index in [2.05, 4.69) is 22.6 Å². The first kappa shape index (κ1) is 4.84. The van der Waals surface area contributed by atoms with E-state index in [0.717, 1.165) is 16.8 Å². The van der Waals surface area contributed by atoms with Crippen LogP contribution in [0.5, 0.6) is 0 Å². The molecule has 1 aliphatic rings. The molecule has 0 atom stereocenters. The van der Waals surface area contributed by atoms with Crippen LogP contribution in [0, 0.1) is 0 Å². The summed E-state index contributed by atoms with van der Waals surface area (Å²) in [6.45, 7) is 0. The summed E-state index contributed by atoms with van der Waals surface area (Å²) < 4.78 is 0.762. The zero-order valence-electron chi connectivity index (χ0n) is 3.39. The molecule has 1 rings (SSSR count). The molecule has 0 amide bonds. The minimum absolute atomic E-state index is 0.0342. The van der Waals surface area contributed by atoms with E-state index in [9.17, 15) is 0 Å². The summed E-state index contributed by atoms with van der Waals surface area (Å²) in [5, 5.41) is 8.61. The van der Waals surface area contributed by atoms with Crippen molar-refractivity contribution in [3.05, 3.63) is 0 Å². The molecule has 2 heteroatoms. The first-order valence-electron chi connectivity index (χ1n) is 2.11. The smallest absolute Gasteiger partial charge is 0.0560 e. The van der Waals surface area contributed by atoms with E-state index in [1.54, 1.807) is 0 Å². The van der Waals surface area contributed by atoms with Gasteiger partial charge in [-0.25, -0.2) is 0 Å². The van der Waals surface area contributed by atoms with Crippen LogP contribution in [0.2, 0.25) is 0 Å². The number of rotatable bonds is 0. The quantitative estimate of drug-likeness (QED) is 0.453. The van der Waals surface area contributed by atoms with Crippen LogP contribution in [0.1, 0.15) is 12.8 Å². The van der Waals surface area contributed by atoms with Crippen LogP contribution in [0.4, 0.5) is 0 Å². The second-order valence-corrected chi connectivity index (χ2v) is 3.48. The Hall–Kier alpha value is 0.690. The van der Waals surface area contributed by atoms with Gasteiger partial charge in [0.1, 0.15) is 0 Å². The molecule has 0 radical (unpaired) electrons. The summed E-state index contributed by atoms with van der Waals surface area (Å²) in [5.41, 5.74) is 0. The van der Waals surface area contributed by atoms with Gasteiger partial charge in [-0.3, -0.25) is 0 Å². The fraction of sp³-hybridized carbons (Fsp3) is 1.00. The molecule has 0 aliphatic heterocycles. The number of alkyl halides is 1. The van der Waals surface area contributed by atoms with Crippen molar-refractivity contribution in [3.8, 4) is 0 Å². The number of aliphatic hydroxyl groups excluding tert-OH is 1. The Morgan fingerprint density at radius 1 is 1.50 bits per heavy atom. The molecule has 0 spiro atoms. The first-order valence-corrected chi connectivity index (χ1v) is 3.36. The zero-order chi connectivity index (χ0) is 4.57. The molecule has 6 heavy (non-hydrogen) atoms. The van der Waals surface area contributed by atoms with Crippen molar-refractivity contribution < 1.29 is 5.11 Å². The molecule has 36 valence electrons. The summed E-state index contributed by atoms with van der Waals surface area (Å²) in [7, 11) is 0. The minimum Gasteiger partial charge on any atom is -0.393 e. The molecule has 1 aliphatic carbocycles. The average molecular weight is 198 g/mol. The van der Waals surface area contributed by atoms with Gasteiger partial charge in [0.2, 0.25) is 0 Å². The second-order valence-electron chi connectivity index (χ2n) is 1.72. The Kier molecular flexibility index (Phi) is 1.34. The minimum atomic E-state index is 0.0342. The number of aliphatic hydroxyl groups is 1.